The second-order valence-electron chi connectivity index (χ2n) is 6.05. The number of amides is 1. The quantitative estimate of drug-likeness (QED) is 0.556. The van der Waals surface area contributed by atoms with Crippen LogP contribution in [-0.2, 0) is 29.2 Å². The Hall–Kier alpha value is -2.17. The van der Waals surface area contributed by atoms with Crippen LogP contribution < -0.4 is 10.2 Å². The van der Waals surface area contributed by atoms with Crippen LogP contribution in [0, 0.1) is 0 Å². The van der Waals surface area contributed by atoms with E-state index in [4.69, 9.17) is 9.47 Å². The lowest BCUT2D eigenvalue weighted by molar-refractivity contribution is -0.153. The van der Waals surface area contributed by atoms with Crippen molar-refractivity contribution in [2.75, 3.05) is 20.8 Å². The number of methoxy groups -OCH3 is 1. The summed E-state index contributed by atoms with van der Waals surface area (Å²) in [5.41, 5.74) is 2.16. The van der Waals surface area contributed by atoms with Gasteiger partial charge in [0.25, 0.3) is 5.91 Å². The summed E-state index contributed by atoms with van der Waals surface area (Å²) in [5, 5.41) is 0. The minimum atomic E-state index is -4.02. The standard InChI is InChI=1S/C17H24N2O7S/c1-12(20)26-15-6-4-5-11-19(16(15)17(21)18-25-3)27(22,23)14-9-7-13(24-2)8-10-14/h7-10,15-16H,4-6,11H2,1-3H3,(H,18,21). The molecule has 1 heterocycles. The van der Waals surface area contributed by atoms with Gasteiger partial charge in [0.05, 0.1) is 19.1 Å². The average molecular weight is 400 g/mol. The van der Waals surface area contributed by atoms with Crippen molar-refractivity contribution < 1.29 is 32.3 Å². The Balaban J connectivity index is 2.46. The molecule has 1 aromatic rings. The first-order chi connectivity index (χ1) is 12.8. The van der Waals surface area contributed by atoms with Crippen molar-refractivity contribution in [1.82, 2.24) is 9.79 Å². The average Bonchev–Trinajstić information content (AvgIpc) is 2.84. The molecule has 1 aliphatic heterocycles. The van der Waals surface area contributed by atoms with E-state index in [1.807, 2.05) is 0 Å². The molecule has 27 heavy (non-hydrogen) atoms. The van der Waals surface area contributed by atoms with E-state index in [2.05, 4.69) is 10.3 Å². The van der Waals surface area contributed by atoms with Crippen molar-refractivity contribution in [3.05, 3.63) is 24.3 Å². The summed E-state index contributed by atoms with van der Waals surface area (Å²) in [6.45, 7) is 1.34. The Kier molecular flexibility index (Phi) is 7.17. The van der Waals surface area contributed by atoms with E-state index in [-0.39, 0.29) is 11.4 Å². The van der Waals surface area contributed by atoms with Crippen LogP contribution in [0.3, 0.4) is 0 Å². The van der Waals surface area contributed by atoms with Crippen LogP contribution in [0.15, 0.2) is 29.2 Å². The number of hydrogen-bond donors (Lipinski definition) is 1. The van der Waals surface area contributed by atoms with E-state index in [1.54, 1.807) is 0 Å². The van der Waals surface area contributed by atoms with Gasteiger partial charge in [0.2, 0.25) is 10.0 Å². The fourth-order valence-corrected chi connectivity index (χ4v) is 4.70. The first kappa shape index (κ1) is 21.1. The molecule has 1 amide bonds. The van der Waals surface area contributed by atoms with Gasteiger partial charge in [-0.25, -0.2) is 13.9 Å². The van der Waals surface area contributed by atoms with Crippen molar-refractivity contribution in [2.24, 2.45) is 0 Å². The highest BCUT2D eigenvalue weighted by Gasteiger charge is 2.43. The number of rotatable bonds is 6. The van der Waals surface area contributed by atoms with Gasteiger partial charge < -0.3 is 9.47 Å². The predicted octanol–water partition coefficient (Wildman–Crippen LogP) is 0.848. The molecule has 0 spiro atoms. The van der Waals surface area contributed by atoms with Gasteiger partial charge in [0.15, 0.2) is 0 Å². The number of esters is 1. The van der Waals surface area contributed by atoms with Gasteiger partial charge in [-0.3, -0.25) is 14.4 Å². The van der Waals surface area contributed by atoms with E-state index < -0.39 is 34.0 Å². The summed E-state index contributed by atoms with van der Waals surface area (Å²) in [4.78, 5) is 28.7. The van der Waals surface area contributed by atoms with Crippen LogP contribution in [0.2, 0.25) is 0 Å². The Morgan fingerprint density at radius 3 is 2.37 bits per heavy atom. The van der Waals surface area contributed by atoms with Gasteiger partial charge in [-0.2, -0.15) is 4.31 Å². The van der Waals surface area contributed by atoms with Gasteiger partial charge in [-0.1, -0.05) is 0 Å². The molecule has 1 saturated heterocycles. The molecule has 1 aliphatic rings. The van der Waals surface area contributed by atoms with Crippen molar-refractivity contribution in [1.29, 1.82) is 0 Å². The highest BCUT2D eigenvalue weighted by atomic mass is 32.2. The van der Waals surface area contributed by atoms with E-state index >= 15 is 0 Å². The third-order valence-electron chi connectivity index (χ3n) is 4.23. The maximum Gasteiger partial charge on any atom is 0.302 e. The maximum atomic E-state index is 13.2. The van der Waals surface area contributed by atoms with Crippen LogP contribution in [0.25, 0.3) is 0 Å². The summed E-state index contributed by atoms with van der Waals surface area (Å²) in [6, 6.07) is 4.64. The lowest BCUT2D eigenvalue weighted by Crippen LogP contribution is -2.55. The number of ether oxygens (including phenoxy) is 2. The number of carbonyl (C=O) groups is 2. The molecule has 0 aliphatic carbocycles. The molecular weight excluding hydrogens is 376 g/mol. The largest absolute Gasteiger partial charge is 0.497 e. The molecule has 2 rings (SSSR count). The second kappa shape index (κ2) is 9.16. The Morgan fingerprint density at radius 2 is 1.81 bits per heavy atom. The lowest BCUT2D eigenvalue weighted by atomic mass is 10.1. The normalized spacial score (nSPS) is 21.1. The van der Waals surface area contributed by atoms with Crippen LogP contribution in [-0.4, -0.2) is 57.5 Å². The summed E-state index contributed by atoms with van der Waals surface area (Å²) in [5.74, 6) is -0.766. The van der Waals surface area contributed by atoms with Crippen LogP contribution in [0.5, 0.6) is 5.75 Å². The minimum absolute atomic E-state index is 0.0157. The summed E-state index contributed by atoms with van der Waals surface area (Å²) >= 11 is 0. The van der Waals surface area contributed by atoms with E-state index in [0.29, 0.717) is 25.0 Å². The Bertz CT molecular complexity index is 764. The summed E-state index contributed by atoms with van der Waals surface area (Å²) < 4.78 is 37.8. The molecule has 150 valence electrons. The molecule has 0 radical (unpaired) electrons. The Labute approximate surface area is 158 Å². The predicted molar refractivity (Wildman–Crippen MR) is 95.2 cm³/mol. The molecule has 0 bridgehead atoms. The lowest BCUT2D eigenvalue weighted by Gasteiger charge is -2.32. The zero-order valence-electron chi connectivity index (χ0n) is 15.5. The zero-order valence-corrected chi connectivity index (χ0v) is 16.3. The third kappa shape index (κ3) is 4.96. The van der Waals surface area contributed by atoms with Gasteiger partial charge in [-0.05, 0) is 43.5 Å². The van der Waals surface area contributed by atoms with E-state index in [9.17, 15) is 18.0 Å². The molecule has 0 saturated carbocycles. The van der Waals surface area contributed by atoms with Crippen molar-refractivity contribution >= 4 is 21.9 Å². The second-order valence-corrected chi connectivity index (χ2v) is 7.94. The van der Waals surface area contributed by atoms with Crippen LogP contribution in [0.4, 0.5) is 0 Å². The fraction of sp³-hybridized carbons (Fsp3) is 0.529. The molecule has 0 aromatic heterocycles. The molecular formula is C17H24N2O7S. The molecule has 1 aromatic carbocycles. The third-order valence-corrected chi connectivity index (χ3v) is 6.13. The molecule has 10 heteroatoms. The first-order valence-electron chi connectivity index (χ1n) is 8.47. The van der Waals surface area contributed by atoms with Gasteiger partial charge in [0, 0.05) is 13.5 Å². The zero-order chi connectivity index (χ0) is 20.0. The van der Waals surface area contributed by atoms with Gasteiger partial charge in [0.1, 0.15) is 17.9 Å². The summed E-state index contributed by atoms with van der Waals surface area (Å²) in [6.07, 6.45) is 0.608. The number of nitrogens with one attached hydrogen (secondary N) is 1. The van der Waals surface area contributed by atoms with Crippen LogP contribution in [0.1, 0.15) is 26.2 Å². The van der Waals surface area contributed by atoms with Crippen LogP contribution >= 0.6 is 0 Å². The molecule has 9 nitrogen and oxygen atoms in total. The fourth-order valence-electron chi connectivity index (χ4n) is 3.05. The smallest absolute Gasteiger partial charge is 0.302 e. The topological polar surface area (TPSA) is 111 Å². The number of hydroxylamine groups is 1. The van der Waals surface area contributed by atoms with Crippen molar-refractivity contribution in [2.45, 2.75) is 43.2 Å². The molecule has 1 fully saturated rings. The minimum Gasteiger partial charge on any atom is -0.497 e. The van der Waals surface area contributed by atoms with E-state index in [0.717, 1.165) is 4.31 Å². The molecule has 2 atom stereocenters. The first-order valence-corrected chi connectivity index (χ1v) is 9.91. The molecule has 1 N–H and O–H groups in total. The number of sulfonamides is 1. The monoisotopic (exact) mass is 400 g/mol. The number of carbonyl (C=O) groups excluding carboxylic acids is 2. The Morgan fingerprint density at radius 1 is 1.15 bits per heavy atom. The number of hydrogen-bond acceptors (Lipinski definition) is 7. The van der Waals surface area contributed by atoms with E-state index in [1.165, 1.54) is 45.4 Å². The number of benzene rings is 1. The number of nitrogens with zero attached hydrogens (tertiary/aromatic N) is 1. The van der Waals surface area contributed by atoms with Crippen molar-refractivity contribution in [3.8, 4) is 5.75 Å². The SMILES string of the molecule is CONC(=O)C1C(OC(C)=O)CCCCN1S(=O)(=O)c1ccc(OC)cc1. The highest BCUT2D eigenvalue weighted by molar-refractivity contribution is 7.89. The molecule has 2 unspecified atom stereocenters. The van der Waals surface area contributed by atoms with Gasteiger partial charge in [-0.15, -0.1) is 0 Å². The highest BCUT2D eigenvalue weighted by Crippen LogP contribution is 2.28. The maximum absolute atomic E-state index is 13.2. The van der Waals surface area contributed by atoms with Crippen molar-refractivity contribution in [3.63, 3.8) is 0 Å². The summed E-state index contributed by atoms with van der Waals surface area (Å²) in [7, 11) is -1.29. The van der Waals surface area contributed by atoms with Gasteiger partial charge >= 0.3 is 5.97 Å².